The molecule has 1 aliphatic carbocycles. The first-order valence-electron chi connectivity index (χ1n) is 5.10. The van der Waals surface area contributed by atoms with Crippen molar-refractivity contribution in [2.45, 2.75) is 24.4 Å². The molecule has 1 aromatic carbocycles. The fourth-order valence-corrected chi connectivity index (χ4v) is 2.86. The van der Waals surface area contributed by atoms with Crippen LogP contribution in [0.5, 0.6) is 5.75 Å². The van der Waals surface area contributed by atoms with Crippen molar-refractivity contribution in [1.82, 2.24) is 0 Å². The molecule has 0 radical (unpaired) electrons. The monoisotopic (exact) mass is 309 g/mol. The van der Waals surface area contributed by atoms with Gasteiger partial charge in [0.25, 0.3) is 0 Å². The van der Waals surface area contributed by atoms with E-state index in [1.54, 1.807) is 0 Å². The van der Waals surface area contributed by atoms with Gasteiger partial charge in [-0.15, -0.1) is 0 Å². The molecule has 17 heavy (non-hydrogen) atoms. The molecule has 0 aromatic heterocycles. The lowest BCUT2D eigenvalue weighted by molar-refractivity contribution is -0.137. The second-order valence-electron chi connectivity index (χ2n) is 4.33. The Morgan fingerprint density at radius 1 is 1.35 bits per heavy atom. The Bertz CT molecular complexity index is 432. The number of hydrogen-bond donors (Lipinski definition) is 2. The lowest BCUT2D eigenvalue weighted by Gasteiger charge is -2.18. The summed E-state index contributed by atoms with van der Waals surface area (Å²) in [6.45, 7) is 0.324. The normalized spacial score (nSPS) is 18.2. The van der Waals surface area contributed by atoms with Gasteiger partial charge in [-0.2, -0.15) is 13.2 Å². The second-order valence-corrected chi connectivity index (χ2v) is 5.19. The fourth-order valence-electron chi connectivity index (χ4n) is 1.99. The number of rotatable bonds is 2. The van der Waals surface area contributed by atoms with Gasteiger partial charge in [-0.1, -0.05) is 15.9 Å². The Labute approximate surface area is 105 Å². The zero-order valence-electron chi connectivity index (χ0n) is 8.81. The summed E-state index contributed by atoms with van der Waals surface area (Å²) in [5, 5.41) is 9.76. The zero-order valence-corrected chi connectivity index (χ0v) is 10.4. The van der Waals surface area contributed by atoms with Crippen LogP contribution in [0.2, 0.25) is 0 Å². The highest BCUT2D eigenvalue weighted by Crippen LogP contribution is 2.53. The molecule has 1 aliphatic rings. The van der Waals surface area contributed by atoms with Crippen molar-refractivity contribution >= 4 is 15.9 Å². The van der Waals surface area contributed by atoms with Gasteiger partial charge in [-0.25, -0.2) is 0 Å². The minimum absolute atomic E-state index is 0.271. The molecule has 1 aromatic rings. The van der Waals surface area contributed by atoms with Gasteiger partial charge in [0.15, 0.2) is 0 Å². The van der Waals surface area contributed by atoms with Crippen LogP contribution < -0.4 is 5.73 Å². The first kappa shape index (κ1) is 12.7. The summed E-state index contributed by atoms with van der Waals surface area (Å²) >= 11 is 3.09. The standard InChI is InChI=1S/C11H11BrF3NO/c12-7-3-6(11(13,14)15)4-8(17)9(7)10(5-16)1-2-10/h3-4,17H,1-2,5,16H2. The highest BCUT2D eigenvalue weighted by Gasteiger charge is 2.46. The summed E-state index contributed by atoms with van der Waals surface area (Å²) in [6, 6.07) is 1.75. The van der Waals surface area contributed by atoms with E-state index in [4.69, 9.17) is 5.73 Å². The number of halogens is 4. The quantitative estimate of drug-likeness (QED) is 0.881. The molecule has 94 valence electrons. The summed E-state index contributed by atoms with van der Waals surface area (Å²) in [6.07, 6.45) is -2.87. The van der Waals surface area contributed by atoms with Crippen molar-refractivity contribution in [3.05, 3.63) is 27.7 Å². The van der Waals surface area contributed by atoms with E-state index in [0.717, 1.165) is 25.0 Å². The van der Waals surface area contributed by atoms with Gasteiger partial charge in [0.05, 0.1) is 5.56 Å². The molecular weight excluding hydrogens is 299 g/mol. The van der Waals surface area contributed by atoms with Crippen molar-refractivity contribution < 1.29 is 18.3 Å². The number of nitrogens with two attached hydrogens (primary N) is 1. The van der Waals surface area contributed by atoms with Gasteiger partial charge in [-0.3, -0.25) is 0 Å². The Balaban J connectivity index is 2.51. The minimum atomic E-state index is -4.46. The summed E-state index contributed by atoms with van der Waals surface area (Å²) in [5.41, 5.74) is 4.89. The van der Waals surface area contributed by atoms with E-state index in [1.165, 1.54) is 0 Å². The maximum Gasteiger partial charge on any atom is 0.416 e. The Kier molecular flexibility index (Phi) is 2.90. The molecule has 0 bridgehead atoms. The lowest BCUT2D eigenvalue weighted by Crippen LogP contribution is -2.21. The number of benzene rings is 1. The van der Waals surface area contributed by atoms with E-state index in [2.05, 4.69) is 15.9 Å². The van der Waals surface area contributed by atoms with E-state index in [9.17, 15) is 18.3 Å². The summed E-state index contributed by atoms with van der Waals surface area (Å²) < 4.78 is 37.8. The SMILES string of the molecule is NCC1(c2c(O)cc(C(F)(F)F)cc2Br)CC1. The molecule has 2 nitrogen and oxygen atoms in total. The minimum Gasteiger partial charge on any atom is -0.508 e. The van der Waals surface area contributed by atoms with Crippen LogP contribution in [0.15, 0.2) is 16.6 Å². The highest BCUT2D eigenvalue weighted by molar-refractivity contribution is 9.10. The smallest absolute Gasteiger partial charge is 0.416 e. The van der Waals surface area contributed by atoms with Gasteiger partial charge in [0.1, 0.15) is 5.75 Å². The summed E-state index contributed by atoms with van der Waals surface area (Å²) in [4.78, 5) is 0. The summed E-state index contributed by atoms with van der Waals surface area (Å²) in [7, 11) is 0. The third-order valence-electron chi connectivity index (χ3n) is 3.17. The van der Waals surface area contributed by atoms with Crippen LogP contribution in [-0.4, -0.2) is 11.7 Å². The molecule has 0 amide bonds. The number of phenolic OH excluding ortho intramolecular Hbond substituents is 1. The van der Waals surface area contributed by atoms with Crippen LogP contribution in [0.1, 0.15) is 24.0 Å². The average Bonchev–Trinajstić information content (AvgIpc) is 2.96. The van der Waals surface area contributed by atoms with Gasteiger partial charge in [-0.05, 0) is 25.0 Å². The largest absolute Gasteiger partial charge is 0.508 e. The molecule has 0 saturated heterocycles. The molecule has 0 aliphatic heterocycles. The van der Waals surface area contributed by atoms with Crippen LogP contribution >= 0.6 is 15.9 Å². The van der Waals surface area contributed by atoms with E-state index in [-0.39, 0.29) is 15.6 Å². The van der Waals surface area contributed by atoms with Crippen LogP contribution in [0.3, 0.4) is 0 Å². The molecule has 1 saturated carbocycles. The van der Waals surface area contributed by atoms with E-state index in [0.29, 0.717) is 12.1 Å². The van der Waals surface area contributed by atoms with Gasteiger partial charge < -0.3 is 10.8 Å². The number of alkyl halides is 3. The van der Waals surface area contributed by atoms with Gasteiger partial charge in [0.2, 0.25) is 0 Å². The van der Waals surface area contributed by atoms with Gasteiger partial charge >= 0.3 is 6.18 Å². The van der Waals surface area contributed by atoms with E-state index < -0.39 is 11.7 Å². The molecule has 1 fully saturated rings. The van der Waals surface area contributed by atoms with Gasteiger partial charge in [0, 0.05) is 22.0 Å². The predicted molar refractivity (Wildman–Crippen MR) is 60.8 cm³/mol. The van der Waals surface area contributed by atoms with Crippen molar-refractivity contribution in [2.24, 2.45) is 5.73 Å². The molecule has 0 spiro atoms. The van der Waals surface area contributed by atoms with Crippen molar-refractivity contribution in [3.63, 3.8) is 0 Å². The zero-order chi connectivity index (χ0) is 12.8. The first-order valence-corrected chi connectivity index (χ1v) is 5.90. The Morgan fingerprint density at radius 3 is 2.29 bits per heavy atom. The van der Waals surface area contributed by atoms with E-state index in [1.807, 2.05) is 0 Å². The van der Waals surface area contributed by atoms with Crippen molar-refractivity contribution in [3.8, 4) is 5.75 Å². The number of phenols is 1. The second kappa shape index (κ2) is 3.88. The molecule has 2 rings (SSSR count). The maximum absolute atomic E-state index is 12.5. The third-order valence-corrected chi connectivity index (χ3v) is 3.80. The maximum atomic E-state index is 12.5. The predicted octanol–water partition coefficient (Wildman–Crippen LogP) is 3.16. The number of hydrogen-bond acceptors (Lipinski definition) is 2. The molecule has 3 N–H and O–H groups in total. The van der Waals surface area contributed by atoms with Crippen LogP contribution in [0.4, 0.5) is 13.2 Å². The summed E-state index contributed by atoms with van der Waals surface area (Å²) in [5.74, 6) is -0.338. The van der Waals surface area contributed by atoms with Crippen LogP contribution in [0.25, 0.3) is 0 Å². The molecule has 0 atom stereocenters. The third kappa shape index (κ3) is 2.15. The van der Waals surface area contributed by atoms with Crippen LogP contribution in [-0.2, 0) is 11.6 Å². The molecule has 0 heterocycles. The van der Waals surface area contributed by atoms with Crippen LogP contribution in [0, 0.1) is 0 Å². The van der Waals surface area contributed by atoms with Crippen molar-refractivity contribution in [2.75, 3.05) is 6.54 Å². The molecular formula is C11H11BrF3NO. The topological polar surface area (TPSA) is 46.2 Å². The van der Waals surface area contributed by atoms with E-state index >= 15 is 0 Å². The molecule has 0 unspecified atom stereocenters. The van der Waals surface area contributed by atoms with Crippen molar-refractivity contribution in [1.29, 1.82) is 0 Å². The Morgan fingerprint density at radius 2 is 1.94 bits per heavy atom. The fraction of sp³-hybridized carbons (Fsp3) is 0.455. The Hall–Kier alpha value is -0.750. The number of aromatic hydroxyl groups is 1. The molecule has 6 heteroatoms. The lowest BCUT2D eigenvalue weighted by atomic mass is 9.94. The highest BCUT2D eigenvalue weighted by atomic mass is 79.9. The average molecular weight is 310 g/mol. The first-order chi connectivity index (χ1) is 7.80.